The fraction of sp³-hybridized carbons (Fsp3) is 0.538. The van der Waals surface area contributed by atoms with Gasteiger partial charge in [0.1, 0.15) is 0 Å². The molecular formula is C13H18ClNO2. The van der Waals surface area contributed by atoms with E-state index in [1.54, 1.807) is 20.3 Å². The van der Waals surface area contributed by atoms with Gasteiger partial charge in [-0.25, -0.2) is 0 Å². The molecule has 17 heavy (non-hydrogen) atoms. The van der Waals surface area contributed by atoms with Crippen LogP contribution in [0.25, 0.3) is 0 Å². The molecule has 3 nitrogen and oxygen atoms in total. The van der Waals surface area contributed by atoms with Crippen molar-refractivity contribution in [3.63, 3.8) is 0 Å². The van der Waals surface area contributed by atoms with Crippen LogP contribution in [0.3, 0.4) is 0 Å². The lowest BCUT2D eigenvalue weighted by atomic mass is 9.85. The third-order valence-corrected chi connectivity index (χ3v) is 3.59. The summed E-state index contributed by atoms with van der Waals surface area (Å²) in [6.45, 7) is 0.981. The summed E-state index contributed by atoms with van der Waals surface area (Å²) in [5, 5.41) is 4.04. The van der Waals surface area contributed by atoms with Crippen LogP contribution < -0.4 is 14.8 Å². The Balaban J connectivity index is 2.09. The molecule has 1 aliphatic carbocycles. The van der Waals surface area contributed by atoms with Gasteiger partial charge in [-0.15, -0.1) is 0 Å². The molecule has 0 atom stereocenters. The Bertz CT molecular complexity index is 391. The molecule has 4 heteroatoms. The van der Waals surface area contributed by atoms with Crippen molar-refractivity contribution < 1.29 is 9.47 Å². The van der Waals surface area contributed by atoms with Crippen molar-refractivity contribution in [3.05, 3.63) is 17.2 Å². The number of anilines is 1. The largest absolute Gasteiger partial charge is 0.493 e. The zero-order valence-electron chi connectivity index (χ0n) is 10.3. The van der Waals surface area contributed by atoms with Crippen LogP contribution in [0.2, 0.25) is 5.02 Å². The minimum Gasteiger partial charge on any atom is -0.493 e. The van der Waals surface area contributed by atoms with E-state index in [0.29, 0.717) is 16.5 Å². The van der Waals surface area contributed by atoms with Gasteiger partial charge in [-0.05, 0) is 18.8 Å². The summed E-state index contributed by atoms with van der Waals surface area (Å²) in [6, 6.07) is 3.67. The molecule has 1 saturated carbocycles. The molecule has 94 valence electrons. The fourth-order valence-corrected chi connectivity index (χ4v) is 2.16. The lowest BCUT2D eigenvalue weighted by Crippen LogP contribution is -2.21. The van der Waals surface area contributed by atoms with Crippen molar-refractivity contribution in [2.45, 2.75) is 19.3 Å². The molecular weight excluding hydrogens is 238 g/mol. The van der Waals surface area contributed by atoms with Gasteiger partial charge in [0.25, 0.3) is 0 Å². The van der Waals surface area contributed by atoms with E-state index in [2.05, 4.69) is 5.32 Å². The number of hydrogen-bond donors (Lipinski definition) is 1. The van der Waals surface area contributed by atoms with Gasteiger partial charge in [0.05, 0.1) is 24.9 Å². The van der Waals surface area contributed by atoms with Crippen LogP contribution in [0.4, 0.5) is 5.69 Å². The second-order valence-corrected chi connectivity index (χ2v) is 4.77. The average molecular weight is 256 g/mol. The van der Waals surface area contributed by atoms with E-state index in [9.17, 15) is 0 Å². The van der Waals surface area contributed by atoms with E-state index in [0.717, 1.165) is 18.2 Å². The summed E-state index contributed by atoms with van der Waals surface area (Å²) in [5.41, 5.74) is 0.913. The first-order valence-electron chi connectivity index (χ1n) is 5.90. The van der Waals surface area contributed by atoms with Gasteiger partial charge in [-0.3, -0.25) is 0 Å². The van der Waals surface area contributed by atoms with E-state index >= 15 is 0 Å². The SMILES string of the molecule is COc1cc(Cl)c(NCC2CCC2)cc1OC. The van der Waals surface area contributed by atoms with Crippen LogP contribution >= 0.6 is 11.6 Å². The van der Waals surface area contributed by atoms with Crippen LogP contribution in [0.15, 0.2) is 12.1 Å². The monoisotopic (exact) mass is 255 g/mol. The Labute approximate surface area is 107 Å². The van der Waals surface area contributed by atoms with Crippen molar-refractivity contribution in [1.82, 2.24) is 0 Å². The molecule has 0 amide bonds. The second kappa shape index (κ2) is 5.50. The smallest absolute Gasteiger partial charge is 0.162 e. The minimum absolute atomic E-state index is 0.659. The third-order valence-electron chi connectivity index (χ3n) is 3.28. The first-order valence-corrected chi connectivity index (χ1v) is 6.27. The van der Waals surface area contributed by atoms with Gasteiger partial charge < -0.3 is 14.8 Å². The first kappa shape index (κ1) is 12.4. The number of hydrogen-bond acceptors (Lipinski definition) is 3. The topological polar surface area (TPSA) is 30.5 Å². The molecule has 0 bridgehead atoms. The molecule has 1 aliphatic rings. The molecule has 0 saturated heterocycles. The Morgan fingerprint density at radius 3 is 2.41 bits per heavy atom. The lowest BCUT2D eigenvalue weighted by molar-refractivity contribution is 0.333. The molecule has 0 radical (unpaired) electrons. The van der Waals surface area contributed by atoms with Crippen molar-refractivity contribution >= 4 is 17.3 Å². The second-order valence-electron chi connectivity index (χ2n) is 4.36. The predicted octanol–water partition coefficient (Wildman–Crippen LogP) is 3.57. The third kappa shape index (κ3) is 2.78. The fourth-order valence-electron chi connectivity index (χ4n) is 1.94. The van der Waals surface area contributed by atoms with Gasteiger partial charge in [-0.1, -0.05) is 18.0 Å². The molecule has 0 unspecified atom stereocenters. The summed E-state index contributed by atoms with van der Waals surface area (Å²) in [7, 11) is 3.23. The number of benzene rings is 1. The van der Waals surface area contributed by atoms with E-state index in [-0.39, 0.29) is 0 Å². The van der Waals surface area contributed by atoms with Crippen molar-refractivity contribution in [2.24, 2.45) is 5.92 Å². The van der Waals surface area contributed by atoms with Crippen molar-refractivity contribution in [2.75, 3.05) is 26.1 Å². The summed E-state index contributed by atoms with van der Waals surface area (Å²) in [4.78, 5) is 0. The zero-order chi connectivity index (χ0) is 12.3. The maximum absolute atomic E-state index is 6.18. The quantitative estimate of drug-likeness (QED) is 0.873. The molecule has 0 heterocycles. The molecule has 1 N–H and O–H groups in total. The van der Waals surface area contributed by atoms with Crippen LogP contribution in [-0.4, -0.2) is 20.8 Å². The molecule has 1 aromatic carbocycles. The standard InChI is InChI=1S/C13H18ClNO2/c1-16-12-6-10(14)11(7-13(12)17-2)15-8-9-4-3-5-9/h6-7,9,15H,3-5,8H2,1-2H3. The molecule has 0 aliphatic heterocycles. The number of halogens is 1. The summed E-state index contributed by atoms with van der Waals surface area (Å²) in [5.74, 6) is 2.15. The highest BCUT2D eigenvalue weighted by molar-refractivity contribution is 6.33. The maximum Gasteiger partial charge on any atom is 0.162 e. The van der Waals surface area contributed by atoms with Gasteiger partial charge in [0.15, 0.2) is 11.5 Å². The highest BCUT2D eigenvalue weighted by Crippen LogP contribution is 2.36. The van der Waals surface area contributed by atoms with Crippen LogP contribution in [0.1, 0.15) is 19.3 Å². The van der Waals surface area contributed by atoms with E-state index in [1.807, 2.05) is 6.07 Å². The van der Waals surface area contributed by atoms with E-state index < -0.39 is 0 Å². The highest BCUT2D eigenvalue weighted by Gasteiger charge is 2.17. The zero-order valence-corrected chi connectivity index (χ0v) is 11.0. The number of methoxy groups -OCH3 is 2. The van der Waals surface area contributed by atoms with Gasteiger partial charge in [-0.2, -0.15) is 0 Å². The molecule has 0 aromatic heterocycles. The molecule has 1 aromatic rings. The number of ether oxygens (including phenoxy) is 2. The number of nitrogens with one attached hydrogen (secondary N) is 1. The van der Waals surface area contributed by atoms with Gasteiger partial charge in [0.2, 0.25) is 0 Å². The predicted molar refractivity (Wildman–Crippen MR) is 70.4 cm³/mol. The van der Waals surface area contributed by atoms with E-state index in [4.69, 9.17) is 21.1 Å². The Hall–Kier alpha value is -1.09. The average Bonchev–Trinajstić information content (AvgIpc) is 2.28. The van der Waals surface area contributed by atoms with Crippen LogP contribution in [-0.2, 0) is 0 Å². The Kier molecular flexibility index (Phi) is 4.00. The van der Waals surface area contributed by atoms with E-state index in [1.165, 1.54) is 19.3 Å². The van der Waals surface area contributed by atoms with Crippen molar-refractivity contribution in [1.29, 1.82) is 0 Å². The summed E-state index contributed by atoms with van der Waals surface area (Å²) in [6.07, 6.45) is 3.99. The maximum atomic E-state index is 6.18. The Morgan fingerprint density at radius 2 is 1.88 bits per heavy atom. The van der Waals surface area contributed by atoms with Crippen molar-refractivity contribution in [3.8, 4) is 11.5 Å². The molecule has 0 spiro atoms. The lowest BCUT2D eigenvalue weighted by Gasteiger charge is -2.26. The first-order chi connectivity index (χ1) is 8.24. The number of rotatable bonds is 5. The normalized spacial score (nSPS) is 15.2. The van der Waals surface area contributed by atoms with Gasteiger partial charge in [0, 0.05) is 18.7 Å². The summed E-state index contributed by atoms with van der Waals surface area (Å²) >= 11 is 6.18. The van der Waals surface area contributed by atoms with Crippen LogP contribution in [0.5, 0.6) is 11.5 Å². The van der Waals surface area contributed by atoms with Crippen LogP contribution in [0, 0.1) is 5.92 Å². The summed E-state index contributed by atoms with van der Waals surface area (Å²) < 4.78 is 10.4. The minimum atomic E-state index is 0.659. The van der Waals surface area contributed by atoms with Gasteiger partial charge >= 0.3 is 0 Å². The highest BCUT2D eigenvalue weighted by atomic mass is 35.5. The molecule has 2 rings (SSSR count). The molecule has 1 fully saturated rings. The Morgan fingerprint density at radius 1 is 1.24 bits per heavy atom.